The maximum absolute atomic E-state index is 12.6. The van der Waals surface area contributed by atoms with E-state index in [1.165, 1.54) is 0 Å². The summed E-state index contributed by atoms with van der Waals surface area (Å²) < 4.78 is 28.6. The Kier molecular flexibility index (Phi) is 6.25. The molecule has 2 heterocycles. The van der Waals surface area contributed by atoms with Crippen LogP contribution in [0.15, 0.2) is 45.7 Å². The molecule has 8 nitrogen and oxygen atoms in total. The summed E-state index contributed by atoms with van der Waals surface area (Å²) in [4.78, 5) is 27.2. The predicted molar refractivity (Wildman–Crippen MR) is 127 cm³/mol. The topological polar surface area (TPSA) is 108 Å². The van der Waals surface area contributed by atoms with Gasteiger partial charge in [0, 0.05) is 30.3 Å². The first-order chi connectivity index (χ1) is 15.7. The van der Waals surface area contributed by atoms with E-state index in [2.05, 4.69) is 15.0 Å². The van der Waals surface area contributed by atoms with Gasteiger partial charge in [0.1, 0.15) is 4.90 Å². The monoisotopic (exact) mass is 468 g/mol. The lowest BCUT2D eigenvalue weighted by atomic mass is 9.95. The fourth-order valence-electron chi connectivity index (χ4n) is 4.54. The number of carbonyl (C=O) groups excluding carboxylic acids is 2. The molecule has 33 heavy (non-hydrogen) atoms. The number of nitrogens with one attached hydrogen (secondary N) is 2. The normalized spacial score (nSPS) is 17.3. The molecule has 4 rings (SSSR count). The zero-order chi connectivity index (χ0) is 23.8. The molecule has 0 spiro atoms. The number of sulfonamides is 1. The van der Waals surface area contributed by atoms with Crippen molar-refractivity contribution in [2.45, 2.75) is 38.5 Å². The first kappa shape index (κ1) is 23.0. The van der Waals surface area contributed by atoms with Gasteiger partial charge in [-0.1, -0.05) is 29.8 Å². The van der Waals surface area contributed by atoms with Crippen molar-refractivity contribution >= 4 is 33.4 Å². The molecular formula is C24H28N4O4S. The standard InChI is InChI=1S/C24H28N4O4S/c1-15-12-16(2)22(17(3)13-15)26-21(29)14-25-24(30)18-8-10-28(11-9-18)23-19-6-4-5-7-20(19)33(31,32)27-23/h4-7,12-13,18H,8-11,14H2,1-3H3,(H,25,30)(H,26,29). The van der Waals surface area contributed by atoms with Gasteiger partial charge in [-0.05, 0) is 56.9 Å². The van der Waals surface area contributed by atoms with Crippen molar-refractivity contribution in [1.29, 1.82) is 0 Å². The molecule has 0 aromatic heterocycles. The molecule has 2 amide bonds. The minimum atomic E-state index is -3.66. The summed E-state index contributed by atoms with van der Waals surface area (Å²) in [6.07, 6.45) is 1.12. The van der Waals surface area contributed by atoms with Gasteiger partial charge in [0.2, 0.25) is 11.8 Å². The highest BCUT2D eigenvalue weighted by Gasteiger charge is 2.34. The van der Waals surface area contributed by atoms with E-state index in [0.717, 1.165) is 22.4 Å². The number of anilines is 1. The number of amides is 2. The number of piperidine rings is 1. The summed E-state index contributed by atoms with van der Waals surface area (Å²) in [5.41, 5.74) is 4.49. The number of hydrogen-bond donors (Lipinski definition) is 2. The second-order valence-corrected chi connectivity index (χ2v) is 10.3. The highest BCUT2D eigenvalue weighted by atomic mass is 32.2. The summed E-state index contributed by atoms with van der Waals surface area (Å²) in [5, 5.41) is 5.63. The highest BCUT2D eigenvalue weighted by Crippen LogP contribution is 2.29. The van der Waals surface area contributed by atoms with Crippen molar-refractivity contribution in [1.82, 2.24) is 10.2 Å². The summed E-state index contributed by atoms with van der Waals surface area (Å²) in [6, 6.07) is 10.8. The Bertz CT molecular complexity index is 1220. The van der Waals surface area contributed by atoms with Crippen molar-refractivity contribution in [3.8, 4) is 0 Å². The molecule has 174 valence electrons. The van der Waals surface area contributed by atoms with Gasteiger partial charge in [-0.3, -0.25) is 9.59 Å². The zero-order valence-corrected chi connectivity index (χ0v) is 19.8. The zero-order valence-electron chi connectivity index (χ0n) is 19.0. The smallest absolute Gasteiger partial charge is 0.285 e. The third-order valence-electron chi connectivity index (χ3n) is 6.14. The van der Waals surface area contributed by atoms with Gasteiger partial charge in [-0.2, -0.15) is 8.42 Å². The number of rotatable bonds is 4. The van der Waals surface area contributed by atoms with Gasteiger partial charge in [0.25, 0.3) is 10.0 Å². The number of carbonyl (C=O) groups is 2. The molecular weight excluding hydrogens is 440 g/mol. The molecule has 2 aliphatic heterocycles. The largest absolute Gasteiger partial charge is 0.355 e. The lowest BCUT2D eigenvalue weighted by Crippen LogP contribution is -2.44. The Morgan fingerprint density at radius 1 is 1.06 bits per heavy atom. The molecule has 2 aliphatic rings. The number of fused-ring (bicyclic) bond motifs is 1. The van der Waals surface area contributed by atoms with Gasteiger partial charge < -0.3 is 15.5 Å². The number of nitrogens with zero attached hydrogens (tertiary/aromatic N) is 2. The fraction of sp³-hybridized carbons (Fsp3) is 0.375. The quantitative estimate of drug-likeness (QED) is 0.717. The summed E-state index contributed by atoms with van der Waals surface area (Å²) in [6.45, 7) is 6.85. The summed E-state index contributed by atoms with van der Waals surface area (Å²) in [5.74, 6) is -0.208. The predicted octanol–water partition coefficient (Wildman–Crippen LogP) is 2.53. The Morgan fingerprint density at radius 3 is 2.36 bits per heavy atom. The van der Waals surface area contributed by atoms with Gasteiger partial charge in [-0.25, -0.2) is 0 Å². The molecule has 0 unspecified atom stereocenters. The van der Waals surface area contributed by atoms with E-state index in [4.69, 9.17) is 0 Å². The molecule has 0 bridgehead atoms. The van der Waals surface area contributed by atoms with Crippen LogP contribution < -0.4 is 10.6 Å². The molecule has 1 saturated heterocycles. The maximum atomic E-state index is 12.6. The second-order valence-electron chi connectivity index (χ2n) is 8.69. The average Bonchev–Trinajstić information content (AvgIpc) is 3.06. The average molecular weight is 469 g/mol. The van der Waals surface area contributed by atoms with Gasteiger partial charge in [0.15, 0.2) is 5.84 Å². The van der Waals surface area contributed by atoms with E-state index in [1.54, 1.807) is 24.3 Å². The Morgan fingerprint density at radius 2 is 1.70 bits per heavy atom. The number of amidine groups is 1. The van der Waals surface area contributed by atoms with E-state index in [-0.39, 0.29) is 29.2 Å². The van der Waals surface area contributed by atoms with Crippen LogP contribution in [0.5, 0.6) is 0 Å². The van der Waals surface area contributed by atoms with Crippen LogP contribution in [0.4, 0.5) is 5.69 Å². The first-order valence-corrected chi connectivity index (χ1v) is 12.4. The molecule has 0 saturated carbocycles. The Balaban J connectivity index is 1.30. The van der Waals surface area contributed by atoms with E-state index in [9.17, 15) is 18.0 Å². The highest BCUT2D eigenvalue weighted by molar-refractivity contribution is 7.90. The molecule has 9 heteroatoms. The van der Waals surface area contributed by atoms with Crippen LogP contribution in [0.1, 0.15) is 35.1 Å². The molecule has 2 N–H and O–H groups in total. The minimum absolute atomic E-state index is 0.0931. The lowest BCUT2D eigenvalue weighted by Gasteiger charge is -2.32. The Hall–Kier alpha value is -3.20. The van der Waals surface area contributed by atoms with Crippen LogP contribution in [0.25, 0.3) is 0 Å². The number of aryl methyl sites for hydroxylation is 3. The third kappa shape index (κ3) is 4.78. The molecule has 0 aliphatic carbocycles. The van der Waals surface area contributed by atoms with Gasteiger partial charge in [-0.15, -0.1) is 4.40 Å². The van der Waals surface area contributed by atoms with Crippen LogP contribution in [-0.2, 0) is 19.6 Å². The van der Waals surface area contributed by atoms with Crippen LogP contribution in [0, 0.1) is 26.7 Å². The molecule has 0 atom stereocenters. The van der Waals surface area contributed by atoms with Gasteiger partial charge >= 0.3 is 0 Å². The maximum Gasteiger partial charge on any atom is 0.285 e. The molecule has 2 aromatic rings. The minimum Gasteiger partial charge on any atom is -0.355 e. The van der Waals surface area contributed by atoms with Crippen LogP contribution in [0.2, 0.25) is 0 Å². The van der Waals surface area contributed by atoms with Gasteiger partial charge in [0.05, 0.1) is 6.54 Å². The fourth-order valence-corrected chi connectivity index (χ4v) is 5.77. The van der Waals surface area contributed by atoms with E-state index < -0.39 is 10.0 Å². The van der Waals surface area contributed by atoms with Crippen molar-refractivity contribution in [3.63, 3.8) is 0 Å². The lowest BCUT2D eigenvalue weighted by molar-refractivity contribution is -0.128. The van der Waals surface area contributed by atoms with Crippen molar-refractivity contribution in [2.24, 2.45) is 10.3 Å². The molecule has 0 radical (unpaired) electrons. The van der Waals surface area contributed by atoms with Crippen molar-refractivity contribution < 1.29 is 18.0 Å². The third-order valence-corrected chi connectivity index (χ3v) is 7.47. The summed E-state index contributed by atoms with van der Waals surface area (Å²) in [7, 11) is -3.66. The second kappa shape index (κ2) is 8.97. The number of benzene rings is 2. The van der Waals surface area contributed by atoms with Crippen LogP contribution in [-0.4, -0.2) is 50.6 Å². The SMILES string of the molecule is Cc1cc(C)c(NC(=O)CNC(=O)C2CCN(C3=NS(=O)(=O)c4ccccc43)CC2)c(C)c1. The summed E-state index contributed by atoms with van der Waals surface area (Å²) >= 11 is 0. The molecule has 2 aromatic carbocycles. The van der Waals surface area contributed by atoms with E-state index >= 15 is 0 Å². The van der Waals surface area contributed by atoms with Crippen LogP contribution >= 0.6 is 0 Å². The Labute approximate surface area is 194 Å². The van der Waals surface area contributed by atoms with Crippen molar-refractivity contribution in [3.05, 3.63) is 58.7 Å². The number of likely N-dealkylation sites (tertiary alicyclic amines) is 1. The van der Waals surface area contributed by atoms with Crippen LogP contribution in [0.3, 0.4) is 0 Å². The van der Waals surface area contributed by atoms with Crippen molar-refractivity contribution in [2.75, 3.05) is 25.0 Å². The van der Waals surface area contributed by atoms with E-state index in [1.807, 2.05) is 37.8 Å². The molecule has 1 fully saturated rings. The number of hydrogen-bond acceptors (Lipinski definition) is 5. The first-order valence-electron chi connectivity index (χ1n) is 11.0. The van der Waals surface area contributed by atoms with E-state index in [0.29, 0.717) is 37.3 Å².